The van der Waals surface area contributed by atoms with E-state index in [2.05, 4.69) is 20.3 Å². The zero-order valence-corrected chi connectivity index (χ0v) is 15.5. The summed E-state index contributed by atoms with van der Waals surface area (Å²) in [6, 6.07) is 7.41. The van der Waals surface area contributed by atoms with Crippen molar-refractivity contribution in [2.24, 2.45) is 0 Å². The Morgan fingerprint density at radius 3 is 2.55 bits per heavy atom. The molecule has 0 unspecified atom stereocenters. The van der Waals surface area contributed by atoms with Crippen molar-refractivity contribution in [2.75, 3.05) is 11.1 Å². The number of hydrogen-bond donors (Lipinski definition) is 2. The van der Waals surface area contributed by atoms with Gasteiger partial charge in [-0.05, 0) is 43.9 Å². The van der Waals surface area contributed by atoms with Gasteiger partial charge >= 0.3 is 6.18 Å². The van der Waals surface area contributed by atoms with Gasteiger partial charge in [-0.25, -0.2) is 9.97 Å². The number of nitrogens with one attached hydrogen (secondary N) is 1. The molecule has 2 aromatic heterocycles. The molecule has 6 nitrogen and oxygen atoms in total. The molecule has 0 aliphatic heterocycles. The number of hydrogen-bond acceptors (Lipinski definition) is 6. The molecule has 2 heterocycles. The minimum Gasteiger partial charge on any atom is -0.488 e. The third-order valence-corrected chi connectivity index (χ3v) is 4.92. The van der Waals surface area contributed by atoms with Gasteiger partial charge in [-0.1, -0.05) is 6.07 Å². The molecule has 0 atom stereocenters. The van der Waals surface area contributed by atoms with Gasteiger partial charge in [0.2, 0.25) is 0 Å². The number of ether oxygens (including phenoxy) is 1. The van der Waals surface area contributed by atoms with Crippen molar-refractivity contribution >= 4 is 22.5 Å². The van der Waals surface area contributed by atoms with Gasteiger partial charge in [0.05, 0.1) is 11.6 Å². The zero-order chi connectivity index (χ0) is 20.4. The average molecular weight is 403 g/mol. The van der Waals surface area contributed by atoms with Gasteiger partial charge in [0.15, 0.2) is 0 Å². The fraction of sp³-hybridized carbons (Fsp3) is 0.350. The number of fused-ring (bicyclic) bond motifs is 1. The summed E-state index contributed by atoms with van der Waals surface area (Å²) in [7, 11) is 0. The maximum atomic E-state index is 12.8. The number of nitrogens with zero attached hydrogens (tertiary/aromatic N) is 3. The second-order valence-corrected chi connectivity index (χ2v) is 7.08. The van der Waals surface area contributed by atoms with Crippen LogP contribution in [0.5, 0.6) is 5.75 Å². The number of aromatic nitrogens is 3. The van der Waals surface area contributed by atoms with E-state index in [1.54, 1.807) is 30.6 Å². The zero-order valence-electron chi connectivity index (χ0n) is 15.5. The van der Waals surface area contributed by atoms with Crippen molar-refractivity contribution in [2.45, 2.75) is 44.0 Å². The van der Waals surface area contributed by atoms with Crippen LogP contribution in [0.15, 0.2) is 42.7 Å². The highest BCUT2D eigenvalue weighted by Gasteiger charge is 2.32. The van der Waals surface area contributed by atoms with E-state index < -0.39 is 11.9 Å². The maximum Gasteiger partial charge on any atom is 0.433 e. The van der Waals surface area contributed by atoms with Gasteiger partial charge in [-0.3, -0.25) is 4.98 Å². The molecule has 3 aromatic rings. The molecule has 1 fully saturated rings. The van der Waals surface area contributed by atoms with Crippen molar-refractivity contribution in [1.82, 2.24) is 15.0 Å². The normalized spacial score (nSPS) is 19.8. The van der Waals surface area contributed by atoms with Crippen LogP contribution in [0.4, 0.5) is 24.7 Å². The molecule has 3 N–H and O–H groups in total. The van der Waals surface area contributed by atoms with E-state index in [-0.39, 0.29) is 18.0 Å². The number of benzene rings is 1. The molecule has 4 rings (SSSR count). The summed E-state index contributed by atoms with van der Waals surface area (Å²) >= 11 is 0. The minimum atomic E-state index is -4.45. The molecule has 1 saturated carbocycles. The van der Waals surface area contributed by atoms with Gasteiger partial charge in [0.25, 0.3) is 0 Å². The van der Waals surface area contributed by atoms with Crippen molar-refractivity contribution in [3.05, 3.63) is 48.4 Å². The number of alkyl halides is 3. The molecule has 9 heteroatoms. The quantitative estimate of drug-likeness (QED) is 0.627. The summed E-state index contributed by atoms with van der Waals surface area (Å²) in [6.45, 7) is 0. The molecular formula is C20H20F3N5O. The first-order valence-corrected chi connectivity index (χ1v) is 9.36. The lowest BCUT2D eigenvalue weighted by Crippen LogP contribution is -2.31. The van der Waals surface area contributed by atoms with Crippen LogP contribution >= 0.6 is 0 Å². The van der Waals surface area contributed by atoms with E-state index in [0.29, 0.717) is 22.5 Å². The highest BCUT2D eigenvalue weighted by molar-refractivity contribution is 5.84. The summed E-state index contributed by atoms with van der Waals surface area (Å²) in [5, 5.41) is 3.11. The number of nitrogens with two attached hydrogens (primary N) is 1. The summed E-state index contributed by atoms with van der Waals surface area (Å²) in [5.74, 6) is 0.838. The molecule has 0 radical (unpaired) electrons. The average Bonchev–Trinajstić information content (AvgIpc) is 2.69. The number of halogens is 3. The highest BCUT2D eigenvalue weighted by atomic mass is 19.4. The molecule has 0 saturated heterocycles. The lowest BCUT2D eigenvalue weighted by molar-refractivity contribution is -0.141. The van der Waals surface area contributed by atoms with Crippen LogP contribution in [0.3, 0.4) is 0 Å². The van der Waals surface area contributed by atoms with E-state index in [1.807, 2.05) is 0 Å². The molecule has 0 amide bonds. The Bertz CT molecular complexity index is 1000. The smallest absolute Gasteiger partial charge is 0.433 e. The Morgan fingerprint density at radius 1 is 1.03 bits per heavy atom. The van der Waals surface area contributed by atoms with Crippen LogP contribution in [0.2, 0.25) is 0 Å². The second-order valence-electron chi connectivity index (χ2n) is 7.08. The van der Waals surface area contributed by atoms with Crippen molar-refractivity contribution < 1.29 is 17.9 Å². The molecule has 1 aromatic carbocycles. The van der Waals surface area contributed by atoms with Gasteiger partial charge in [-0.2, -0.15) is 13.2 Å². The highest BCUT2D eigenvalue weighted by Crippen LogP contribution is 2.32. The summed E-state index contributed by atoms with van der Waals surface area (Å²) in [5.41, 5.74) is 6.93. The van der Waals surface area contributed by atoms with Gasteiger partial charge in [0, 0.05) is 30.2 Å². The molecule has 0 bridgehead atoms. The molecule has 152 valence electrons. The second kappa shape index (κ2) is 7.73. The fourth-order valence-corrected chi connectivity index (χ4v) is 3.54. The van der Waals surface area contributed by atoms with Gasteiger partial charge in [-0.15, -0.1) is 0 Å². The van der Waals surface area contributed by atoms with Crippen molar-refractivity contribution in [3.63, 3.8) is 0 Å². The Kier molecular flexibility index (Phi) is 5.12. The molecule has 1 aliphatic carbocycles. The predicted octanol–water partition coefficient (Wildman–Crippen LogP) is 4.43. The van der Waals surface area contributed by atoms with Crippen LogP contribution in [-0.4, -0.2) is 27.1 Å². The maximum absolute atomic E-state index is 12.8. The first kappa shape index (κ1) is 19.2. The number of rotatable bonds is 4. The first-order valence-electron chi connectivity index (χ1n) is 9.36. The first-order chi connectivity index (χ1) is 13.9. The standard InChI is InChI=1S/C20H20F3N5O/c21-20(22,23)17-2-1-3-18(28-17)27-13-4-6-14(7-5-13)29-16-11-12(24)10-15-19(16)26-9-8-25-15/h1-3,8-11,13-14H,4-7,24H2,(H,27,28). The Labute approximate surface area is 165 Å². The number of anilines is 2. The lowest BCUT2D eigenvalue weighted by Gasteiger charge is -2.30. The third kappa shape index (κ3) is 4.49. The minimum absolute atomic E-state index is 0.0190. The largest absolute Gasteiger partial charge is 0.488 e. The van der Waals surface area contributed by atoms with Crippen molar-refractivity contribution in [1.29, 1.82) is 0 Å². The van der Waals surface area contributed by atoms with E-state index in [4.69, 9.17) is 10.5 Å². The number of pyridine rings is 1. The van der Waals surface area contributed by atoms with Gasteiger partial charge in [0.1, 0.15) is 22.8 Å². The summed E-state index contributed by atoms with van der Waals surface area (Å²) < 4.78 is 44.6. The van der Waals surface area contributed by atoms with Gasteiger partial charge < -0.3 is 15.8 Å². The summed E-state index contributed by atoms with van der Waals surface area (Å²) in [4.78, 5) is 12.3. The SMILES string of the molecule is Nc1cc(OC2CCC(Nc3cccc(C(F)(F)F)n3)CC2)c2nccnc2c1. The van der Waals surface area contributed by atoms with Crippen LogP contribution in [0.1, 0.15) is 31.4 Å². The van der Waals surface area contributed by atoms with Crippen molar-refractivity contribution in [3.8, 4) is 5.75 Å². The van der Waals surface area contributed by atoms with E-state index in [9.17, 15) is 13.2 Å². The number of nitrogen functional groups attached to an aromatic ring is 1. The predicted molar refractivity (Wildman–Crippen MR) is 103 cm³/mol. The lowest BCUT2D eigenvalue weighted by atomic mass is 9.93. The van der Waals surface area contributed by atoms with E-state index in [0.717, 1.165) is 31.7 Å². The molecule has 0 spiro atoms. The fourth-order valence-electron chi connectivity index (χ4n) is 3.54. The van der Waals surface area contributed by atoms with Crippen LogP contribution < -0.4 is 15.8 Å². The van der Waals surface area contributed by atoms with Crippen LogP contribution in [0, 0.1) is 0 Å². The van der Waals surface area contributed by atoms with E-state index >= 15 is 0 Å². The summed E-state index contributed by atoms with van der Waals surface area (Å²) in [6.07, 6.45) is 1.77. The van der Waals surface area contributed by atoms with Crippen LogP contribution in [-0.2, 0) is 6.18 Å². The molecule has 29 heavy (non-hydrogen) atoms. The topological polar surface area (TPSA) is 86.0 Å². The molecule has 1 aliphatic rings. The van der Waals surface area contributed by atoms with E-state index in [1.165, 1.54) is 6.07 Å². The molecular weight excluding hydrogens is 383 g/mol. The Hall–Kier alpha value is -3.10. The Balaban J connectivity index is 1.38. The third-order valence-electron chi connectivity index (χ3n) is 4.92. The monoisotopic (exact) mass is 403 g/mol. The van der Waals surface area contributed by atoms with Crippen LogP contribution in [0.25, 0.3) is 11.0 Å². The Morgan fingerprint density at radius 2 is 1.79 bits per heavy atom.